The third-order valence-corrected chi connectivity index (χ3v) is 6.86. The maximum absolute atomic E-state index is 13.3. The number of rotatable bonds is 5. The molecule has 0 aliphatic carbocycles. The summed E-state index contributed by atoms with van der Waals surface area (Å²) in [7, 11) is 1.63. The molecular formula is C21H22BrN5O2S. The van der Waals surface area contributed by atoms with Crippen molar-refractivity contribution in [2.24, 2.45) is 0 Å². The lowest BCUT2D eigenvalue weighted by Crippen LogP contribution is -2.41. The summed E-state index contributed by atoms with van der Waals surface area (Å²) in [5, 5.41) is 11.6. The van der Waals surface area contributed by atoms with Crippen LogP contribution in [0.3, 0.4) is 0 Å². The molecule has 2 atom stereocenters. The van der Waals surface area contributed by atoms with Gasteiger partial charge in [-0.2, -0.15) is 0 Å². The zero-order chi connectivity index (χ0) is 21.3. The van der Waals surface area contributed by atoms with Gasteiger partial charge in [-0.15, -0.1) is 10.2 Å². The second-order valence-corrected chi connectivity index (χ2v) is 8.91. The Morgan fingerprint density at radius 2 is 2.03 bits per heavy atom. The first-order valence-electron chi connectivity index (χ1n) is 9.58. The summed E-state index contributed by atoms with van der Waals surface area (Å²) < 4.78 is 8.00. The number of hydrogen-bond acceptors (Lipinski definition) is 6. The number of carbonyl (C=O) groups excluding carboxylic acids is 1. The van der Waals surface area contributed by atoms with Crippen molar-refractivity contribution < 1.29 is 9.53 Å². The minimum atomic E-state index is -0.438. The lowest BCUT2D eigenvalue weighted by Gasteiger charge is -2.33. The van der Waals surface area contributed by atoms with Crippen LogP contribution in [0.2, 0.25) is 0 Å². The summed E-state index contributed by atoms with van der Waals surface area (Å²) in [6, 6.07) is 13.5. The number of thioether (sulfide) groups is 1. The van der Waals surface area contributed by atoms with Crippen molar-refractivity contribution in [3.8, 4) is 5.75 Å². The molecule has 0 saturated heterocycles. The van der Waals surface area contributed by atoms with E-state index in [9.17, 15) is 4.79 Å². The quantitative estimate of drug-likeness (QED) is 0.557. The van der Waals surface area contributed by atoms with Crippen LogP contribution in [0, 0.1) is 6.92 Å². The first-order chi connectivity index (χ1) is 14.5. The number of fused-ring (bicyclic) bond motifs is 1. The van der Waals surface area contributed by atoms with Crippen LogP contribution >= 0.6 is 27.7 Å². The summed E-state index contributed by atoms with van der Waals surface area (Å²) in [4.78, 5) is 13.3. The minimum Gasteiger partial charge on any atom is -0.496 e. The number of ether oxygens (including phenoxy) is 1. The zero-order valence-corrected chi connectivity index (χ0v) is 19.3. The molecular weight excluding hydrogens is 466 g/mol. The smallest absolute Gasteiger partial charge is 0.240 e. The average molecular weight is 488 g/mol. The predicted octanol–water partition coefficient (Wildman–Crippen LogP) is 4.32. The maximum atomic E-state index is 13.3. The van der Waals surface area contributed by atoms with Crippen molar-refractivity contribution >= 4 is 39.3 Å². The van der Waals surface area contributed by atoms with Gasteiger partial charge in [-0.1, -0.05) is 36.9 Å². The zero-order valence-electron chi connectivity index (χ0n) is 16.8. The Hall–Kier alpha value is -2.52. The van der Waals surface area contributed by atoms with Crippen molar-refractivity contribution in [3.05, 3.63) is 63.9 Å². The monoisotopic (exact) mass is 487 g/mol. The Kier molecular flexibility index (Phi) is 6.01. The highest BCUT2D eigenvalue weighted by Gasteiger charge is 2.37. The van der Waals surface area contributed by atoms with Crippen LogP contribution in [0.1, 0.15) is 29.9 Å². The Morgan fingerprint density at radius 3 is 2.70 bits per heavy atom. The molecule has 1 aromatic heterocycles. The molecule has 0 spiro atoms. The van der Waals surface area contributed by atoms with Crippen molar-refractivity contribution in [1.29, 1.82) is 0 Å². The average Bonchev–Trinajstić information content (AvgIpc) is 3.13. The van der Waals surface area contributed by atoms with E-state index in [1.807, 2.05) is 54.1 Å². The number of carbonyl (C=O) groups is 1. The second-order valence-electron chi connectivity index (χ2n) is 6.94. The molecule has 4 rings (SSSR count). The Bertz CT molecular complexity index is 1070. The minimum absolute atomic E-state index is 0.0967. The van der Waals surface area contributed by atoms with Crippen LogP contribution in [0.25, 0.3) is 0 Å². The first kappa shape index (κ1) is 20.7. The van der Waals surface area contributed by atoms with Crippen LogP contribution in [0.5, 0.6) is 5.75 Å². The third kappa shape index (κ3) is 4.04. The van der Waals surface area contributed by atoms with Gasteiger partial charge in [-0.05, 0) is 64.7 Å². The van der Waals surface area contributed by atoms with Gasteiger partial charge in [0.05, 0.1) is 17.6 Å². The fourth-order valence-electron chi connectivity index (χ4n) is 3.32. The summed E-state index contributed by atoms with van der Waals surface area (Å²) in [6.07, 6.45) is 0.958. The highest BCUT2D eigenvalue weighted by Crippen LogP contribution is 2.39. The van der Waals surface area contributed by atoms with Gasteiger partial charge in [-0.25, -0.2) is 4.68 Å². The summed E-state index contributed by atoms with van der Waals surface area (Å²) in [5.74, 6) is 1.38. The molecule has 156 valence electrons. The van der Waals surface area contributed by atoms with E-state index in [1.54, 1.807) is 7.11 Å². The Labute approximate surface area is 187 Å². The molecule has 7 nitrogen and oxygen atoms in total. The fourth-order valence-corrected chi connectivity index (χ4v) is 5.01. The van der Waals surface area contributed by atoms with Gasteiger partial charge in [0, 0.05) is 5.69 Å². The maximum Gasteiger partial charge on any atom is 0.240 e. The fraction of sp³-hybridized carbons (Fsp3) is 0.286. The molecule has 2 unspecified atom stereocenters. The van der Waals surface area contributed by atoms with Gasteiger partial charge < -0.3 is 15.5 Å². The van der Waals surface area contributed by atoms with E-state index in [0.29, 0.717) is 5.16 Å². The number of aryl methyl sites for hydroxylation is 2. The van der Waals surface area contributed by atoms with E-state index >= 15 is 0 Å². The summed E-state index contributed by atoms with van der Waals surface area (Å²) >= 11 is 4.95. The van der Waals surface area contributed by atoms with Gasteiger partial charge in [0.2, 0.25) is 11.1 Å². The summed E-state index contributed by atoms with van der Waals surface area (Å²) in [6.45, 7) is 3.98. The van der Waals surface area contributed by atoms with Crippen LogP contribution in [-0.4, -0.2) is 33.1 Å². The molecule has 1 aliphatic heterocycles. The molecule has 1 aliphatic rings. The van der Waals surface area contributed by atoms with Gasteiger partial charge in [-0.3, -0.25) is 4.79 Å². The third-order valence-electron chi connectivity index (χ3n) is 5.02. The predicted molar refractivity (Wildman–Crippen MR) is 122 cm³/mol. The number of benzene rings is 2. The van der Waals surface area contributed by atoms with E-state index in [4.69, 9.17) is 4.74 Å². The topological polar surface area (TPSA) is 81.1 Å². The van der Waals surface area contributed by atoms with Crippen LogP contribution in [0.4, 0.5) is 5.69 Å². The number of aromatic nitrogens is 3. The number of amides is 1. The normalized spacial score (nSPS) is 17.7. The number of methoxy groups -OCH3 is 1. The van der Waals surface area contributed by atoms with Crippen molar-refractivity contribution in [1.82, 2.24) is 14.9 Å². The van der Waals surface area contributed by atoms with Gasteiger partial charge in [0.25, 0.3) is 0 Å². The first-order valence-corrected chi connectivity index (χ1v) is 11.3. The number of nitrogens with one attached hydrogen (secondary N) is 2. The molecule has 0 saturated carbocycles. The molecule has 0 radical (unpaired) electrons. The molecule has 3 aromatic rings. The lowest BCUT2D eigenvalue weighted by atomic mass is 10.0. The Morgan fingerprint density at radius 1 is 1.27 bits per heavy atom. The van der Waals surface area contributed by atoms with Crippen LogP contribution < -0.4 is 15.5 Å². The number of anilines is 1. The van der Waals surface area contributed by atoms with E-state index in [2.05, 4.69) is 43.8 Å². The second kappa shape index (κ2) is 8.69. The van der Waals surface area contributed by atoms with E-state index in [0.717, 1.165) is 33.7 Å². The van der Waals surface area contributed by atoms with Gasteiger partial charge in [0.1, 0.15) is 16.8 Å². The van der Waals surface area contributed by atoms with Crippen molar-refractivity contribution in [2.45, 2.75) is 36.7 Å². The molecule has 30 heavy (non-hydrogen) atoms. The van der Waals surface area contributed by atoms with E-state index in [-0.39, 0.29) is 11.9 Å². The molecule has 0 fully saturated rings. The molecule has 1 amide bonds. The highest BCUT2D eigenvalue weighted by molar-refractivity contribution is 9.10. The van der Waals surface area contributed by atoms with Gasteiger partial charge in [0.15, 0.2) is 0 Å². The molecule has 0 bridgehead atoms. The summed E-state index contributed by atoms with van der Waals surface area (Å²) in [5.41, 5.74) is 6.37. The van der Waals surface area contributed by atoms with Crippen molar-refractivity contribution in [3.63, 3.8) is 0 Å². The molecule has 2 N–H and O–H groups in total. The Balaban J connectivity index is 1.65. The lowest BCUT2D eigenvalue weighted by molar-refractivity contribution is -0.116. The van der Waals surface area contributed by atoms with Crippen molar-refractivity contribution in [2.75, 3.05) is 17.9 Å². The van der Waals surface area contributed by atoms with E-state index in [1.165, 1.54) is 17.3 Å². The molecule has 2 heterocycles. The SMILES string of the molecule is CCc1ccc(NC(=O)C2Sc3nnc(C)n3NC2c2ccc(OC)c(Br)c2)cc1. The van der Waals surface area contributed by atoms with Gasteiger partial charge >= 0.3 is 0 Å². The van der Waals surface area contributed by atoms with E-state index < -0.39 is 5.25 Å². The largest absolute Gasteiger partial charge is 0.496 e. The van der Waals surface area contributed by atoms with Crippen LogP contribution in [-0.2, 0) is 11.2 Å². The highest BCUT2D eigenvalue weighted by atomic mass is 79.9. The molecule has 9 heteroatoms. The van der Waals surface area contributed by atoms with Crippen LogP contribution in [0.15, 0.2) is 52.1 Å². The number of hydrogen-bond donors (Lipinski definition) is 2. The molecule has 2 aromatic carbocycles. The number of nitrogens with zero attached hydrogens (tertiary/aromatic N) is 3. The number of halogens is 1. The standard InChI is InChI=1S/C21H22BrN5O2S/c1-4-13-5-8-15(9-6-13)23-20(28)19-18(14-7-10-17(29-3)16(22)11-14)26-27-12(2)24-25-21(27)30-19/h5-11,18-19,26H,4H2,1-3H3,(H,23,28).